The first kappa shape index (κ1) is 31.9. The average Bonchev–Trinajstić information content (AvgIpc) is 3.40. The van der Waals surface area contributed by atoms with Crippen molar-refractivity contribution in [3.8, 4) is 5.69 Å². The van der Waals surface area contributed by atoms with E-state index in [1.165, 1.54) is 0 Å². The van der Waals surface area contributed by atoms with Crippen LogP contribution >= 0.6 is 0 Å². The van der Waals surface area contributed by atoms with Crippen molar-refractivity contribution in [2.24, 2.45) is 5.92 Å². The number of rotatable bonds is 12. The summed E-state index contributed by atoms with van der Waals surface area (Å²) in [5, 5.41) is 17.9. The Kier molecular flexibility index (Phi) is 10.7. The SMILES string of the molecule is CCCCN(CCCC)C(=O)c1cc(C)n(-c2ccc(NC(=O)C(C)C)cc2C(=O)N2Cc3ccccc3CC2CO)n1. The van der Waals surface area contributed by atoms with Gasteiger partial charge in [0.2, 0.25) is 5.91 Å². The summed E-state index contributed by atoms with van der Waals surface area (Å²) in [4.78, 5) is 44.0. The van der Waals surface area contributed by atoms with Gasteiger partial charge in [0.15, 0.2) is 5.69 Å². The minimum absolute atomic E-state index is 0.120. The van der Waals surface area contributed by atoms with Crippen molar-refractivity contribution in [3.63, 3.8) is 0 Å². The highest BCUT2D eigenvalue weighted by Crippen LogP contribution is 2.29. The molecule has 1 atom stereocenters. The Balaban J connectivity index is 1.75. The molecule has 230 valence electrons. The van der Waals surface area contributed by atoms with Gasteiger partial charge in [-0.25, -0.2) is 4.68 Å². The molecule has 0 spiro atoms. The van der Waals surface area contributed by atoms with Crippen LogP contribution < -0.4 is 5.32 Å². The molecule has 9 heteroatoms. The van der Waals surface area contributed by atoms with E-state index in [4.69, 9.17) is 5.10 Å². The molecule has 3 amide bonds. The molecular formula is C34H45N5O4. The maximum Gasteiger partial charge on any atom is 0.274 e. The fourth-order valence-corrected chi connectivity index (χ4v) is 5.40. The lowest BCUT2D eigenvalue weighted by Crippen LogP contribution is -2.46. The summed E-state index contributed by atoms with van der Waals surface area (Å²) in [6.45, 7) is 11.2. The number of unbranched alkanes of at least 4 members (excludes halogenated alkanes) is 2. The van der Waals surface area contributed by atoms with Crippen molar-refractivity contribution in [1.29, 1.82) is 0 Å². The topological polar surface area (TPSA) is 108 Å². The minimum atomic E-state index is -0.397. The third-order valence-corrected chi connectivity index (χ3v) is 8.03. The van der Waals surface area contributed by atoms with Gasteiger partial charge >= 0.3 is 0 Å². The Bertz CT molecular complexity index is 1440. The van der Waals surface area contributed by atoms with E-state index in [0.29, 0.717) is 54.4 Å². The third kappa shape index (κ3) is 7.33. The molecule has 1 aliphatic heterocycles. The number of carbonyl (C=O) groups excluding carboxylic acids is 3. The minimum Gasteiger partial charge on any atom is -0.394 e. The molecule has 1 aliphatic rings. The van der Waals surface area contributed by atoms with Gasteiger partial charge in [0.1, 0.15) is 0 Å². The maximum absolute atomic E-state index is 14.3. The van der Waals surface area contributed by atoms with E-state index < -0.39 is 6.04 Å². The number of nitrogens with zero attached hydrogens (tertiary/aromatic N) is 4. The Morgan fingerprint density at radius 2 is 1.70 bits per heavy atom. The molecular weight excluding hydrogens is 542 g/mol. The molecule has 0 fully saturated rings. The van der Waals surface area contributed by atoms with Crippen LogP contribution in [0.4, 0.5) is 5.69 Å². The number of aryl methyl sites for hydroxylation is 1. The predicted octanol–water partition coefficient (Wildman–Crippen LogP) is 5.38. The summed E-state index contributed by atoms with van der Waals surface area (Å²) in [6, 6.07) is 14.5. The van der Waals surface area contributed by atoms with Gasteiger partial charge in [-0.1, -0.05) is 64.8 Å². The van der Waals surface area contributed by atoms with Crippen LogP contribution in [0.2, 0.25) is 0 Å². The highest BCUT2D eigenvalue weighted by molar-refractivity contribution is 6.01. The first-order valence-corrected chi connectivity index (χ1v) is 15.5. The number of aliphatic hydroxyl groups is 1. The molecule has 2 N–H and O–H groups in total. The number of aromatic nitrogens is 2. The standard InChI is InChI=1S/C34H45N5O4/c1-6-8-16-37(17-9-7-2)34(43)30-18-24(5)39(36-30)31-15-14-27(35-32(41)23(3)4)20-29(31)33(42)38-21-26-13-11-10-12-25(26)19-28(38)22-40/h10-15,18,20,23,28,40H,6-9,16-17,19,21-22H2,1-5H3,(H,35,41). The monoisotopic (exact) mass is 587 g/mol. The Labute approximate surface area is 254 Å². The summed E-state index contributed by atoms with van der Waals surface area (Å²) in [5.74, 6) is -0.792. The number of hydrogen-bond acceptors (Lipinski definition) is 5. The molecule has 1 unspecified atom stereocenters. The van der Waals surface area contributed by atoms with Crippen LogP contribution in [0.5, 0.6) is 0 Å². The molecule has 1 aromatic heterocycles. The van der Waals surface area contributed by atoms with Gasteiger partial charge in [-0.05, 0) is 61.6 Å². The van der Waals surface area contributed by atoms with Crippen LogP contribution in [-0.2, 0) is 17.8 Å². The maximum atomic E-state index is 14.3. The second-order valence-electron chi connectivity index (χ2n) is 11.7. The van der Waals surface area contributed by atoms with Crippen molar-refractivity contribution in [2.45, 2.75) is 79.3 Å². The van der Waals surface area contributed by atoms with E-state index in [-0.39, 0.29) is 30.2 Å². The smallest absolute Gasteiger partial charge is 0.274 e. The van der Waals surface area contributed by atoms with E-state index >= 15 is 0 Å². The lowest BCUT2D eigenvalue weighted by Gasteiger charge is -2.36. The van der Waals surface area contributed by atoms with Crippen LogP contribution in [0.15, 0.2) is 48.5 Å². The predicted molar refractivity (Wildman–Crippen MR) is 168 cm³/mol. The molecule has 43 heavy (non-hydrogen) atoms. The quantitative estimate of drug-likeness (QED) is 0.296. The van der Waals surface area contributed by atoms with Crippen molar-refractivity contribution in [2.75, 3.05) is 25.0 Å². The average molecular weight is 588 g/mol. The number of benzene rings is 2. The lowest BCUT2D eigenvalue weighted by molar-refractivity contribution is -0.118. The summed E-state index contributed by atoms with van der Waals surface area (Å²) >= 11 is 0. The van der Waals surface area contributed by atoms with Gasteiger partial charge in [-0.3, -0.25) is 14.4 Å². The molecule has 4 rings (SSSR count). The molecule has 0 saturated carbocycles. The van der Waals surface area contributed by atoms with Crippen molar-refractivity contribution >= 4 is 23.4 Å². The van der Waals surface area contributed by atoms with Gasteiger partial charge < -0.3 is 20.2 Å². The zero-order chi connectivity index (χ0) is 31.1. The summed E-state index contributed by atoms with van der Waals surface area (Å²) in [5.41, 5.74) is 4.53. The highest BCUT2D eigenvalue weighted by Gasteiger charge is 2.32. The molecule has 2 heterocycles. The fourth-order valence-electron chi connectivity index (χ4n) is 5.40. The number of fused-ring (bicyclic) bond motifs is 1. The molecule has 2 aromatic carbocycles. The Hall–Kier alpha value is -3.98. The van der Waals surface area contributed by atoms with Crippen molar-refractivity contribution in [3.05, 3.63) is 76.6 Å². The van der Waals surface area contributed by atoms with E-state index in [1.54, 1.807) is 33.8 Å². The molecule has 0 saturated heterocycles. The Morgan fingerprint density at radius 3 is 2.33 bits per heavy atom. The Morgan fingerprint density at radius 1 is 1.02 bits per heavy atom. The van der Waals surface area contributed by atoms with E-state index in [0.717, 1.165) is 36.8 Å². The van der Waals surface area contributed by atoms with Gasteiger partial charge in [0.05, 0.1) is 23.9 Å². The largest absolute Gasteiger partial charge is 0.394 e. The van der Waals surface area contributed by atoms with Crippen LogP contribution in [0.25, 0.3) is 5.69 Å². The van der Waals surface area contributed by atoms with Crippen LogP contribution in [0, 0.1) is 12.8 Å². The first-order valence-electron chi connectivity index (χ1n) is 15.5. The van der Waals surface area contributed by atoms with Gasteiger partial charge in [0, 0.05) is 36.9 Å². The zero-order valence-electron chi connectivity index (χ0n) is 26.1. The van der Waals surface area contributed by atoms with Crippen LogP contribution in [0.3, 0.4) is 0 Å². The van der Waals surface area contributed by atoms with Crippen molar-refractivity contribution in [1.82, 2.24) is 19.6 Å². The first-order chi connectivity index (χ1) is 20.7. The van der Waals surface area contributed by atoms with E-state index in [9.17, 15) is 19.5 Å². The summed E-state index contributed by atoms with van der Waals surface area (Å²) in [7, 11) is 0. The molecule has 0 radical (unpaired) electrons. The van der Waals surface area contributed by atoms with Gasteiger partial charge in [-0.15, -0.1) is 0 Å². The molecule has 0 aliphatic carbocycles. The van der Waals surface area contributed by atoms with Crippen LogP contribution in [0.1, 0.15) is 91.0 Å². The number of hydrogen-bond donors (Lipinski definition) is 2. The highest BCUT2D eigenvalue weighted by atomic mass is 16.3. The van der Waals surface area contributed by atoms with Gasteiger partial charge in [-0.2, -0.15) is 5.10 Å². The normalized spacial score (nSPS) is 14.5. The fraction of sp³-hybridized carbons (Fsp3) is 0.471. The second-order valence-corrected chi connectivity index (χ2v) is 11.7. The number of aliphatic hydroxyl groups excluding tert-OH is 1. The van der Waals surface area contributed by atoms with Gasteiger partial charge in [0.25, 0.3) is 11.8 Å². The number of carbonyl (C=O) groups is 3. The summed E-state index contributed by atoms with van der Waals surface area (Å²) < 4.78 is 1.64. The third-order valence-electron chi connectivity index (χ3n) is 8.03. The van der Waals surface area contributed by atoms with E-state index in [1.807, 2.05) is 49.9 Å². The number of anilines is 1. The summed E-state index contributed by atoms with van der Waals surface area (Å²) in [6.07, 6.45) is 4.36. The molecule has 0 bridgehead atoms. The lowest BCUT2D eigenvalue weighted by atomic mass is 9.93. The van der Waals surface area contributed by atoms with E-state index in [2.05, 4.69) is 19.2 Å². The second kappa shape index (κ2) is 14.5. The van der Waals surface area contributed by atoms with Crippen molar-refractivity contribution < 1.29 is 19.5 Å². The zero-order valence-corrected chi connectivity index (χ0v) is 26.1. The molecule has 9 nitrogen and oxygen atoms in total. The molecule has 3 aromatic rings. The number of nitrogens with one attached hydrogen (secondary N) is 1. The number of amides is 3. The van der Waals surface area contributed by atoms with Crippen LogP contribution in [-0.4, -0.2) is 68.1 Å².